The third-order valence-electron chi connectivity index (χ3n) is 5.23. The van der Waals surface area contributed by atoms with Gasteiger partial charge in [0.2, 0.25) is 11.7 Å². The maximum absolute atomic E-state index is 13.0. The fourth-order valence-corrected chi connectivity index (χ4v) is 5.56. The van der Waals surface area contributed by atoms with Gasteiger partial charge in [-0.05, 0) is 13.8 Å². The molecule has 2 aliphatic heterocycles. The van der Waals surface area contributed by atoms with E-state index >= 15 is 0 Å². The van der Waals surface area contributed by atoms with Gasteiger partial charge in [0.15, 0.2) is 0 Å². The molecule has 0 bridgehead atoms. The van der Waals surface area contributed by atoms with Crippen molar-refractivity contribution in [2.24, 2.45) is 0 Å². The van der Waals surface area contributed by atoms with E-state index in [0.717, 1.165) is 5.56 Å². The first-order valence-electron chi connectivity index (χ1n) is 9.93. The summed E-state index contributed by atoms with van der Waals surface area (Å²) >= 11 is 0. The Morgan fingerprint density at radius 2 is 1.66 bits per heavy atom. The monoisotopic (exact) mass is 421 g/mol. The van der Waals surface area contributed by atoms with Gasteiger partial charge in [-0.3, -0.25) is 4.90 Å². The molecule has 9 nitrogen and oxygen atoms in total. The number of benzene rings is 1. The van der Waals surface area contributed by atoms with Gasteiger partial charge < -0.3 is 9.26 Å². The summed E-state index contributed by atoms with van der Waals surface area (Å²) in [5.41, 5.74) is 0.910. The van der Waals surface area contributed by atoms with Crippen LogP contribution in [-0.2, 0) is 21.5 Å². The van der Waals surface area contributed by atoms with Gasteiger partial charge in [-0.1, -0.05) is 35.5 Å². The summed E-state index contributed by atoms with van der Waals surface area (Å²) in [6.07, 6.45) is -0.183. The predicted molar refractivity (Wildman–Crippen MR) is 107 cm³/mol. The Labute approximate surface area is 171 Å². The molecule has 3 heterocycles. The van der Waals surface area contributed by atoms with Crippen LogP contribution < -0.4 is 0 Å². The number of hydrogen-bond acceptors (Lipinski definition) is 7. The zero-order valence-corrected chi connectivity index (χ0v) is 17.6. The Balaban J connectivity index is 1.33. The quantitative estimate of drug-likeness (QED) is 0.716. The first-order chi connectivity index (χ1) is 13.9. The van der Waals surface area contributed by atoms with E-state index in [2.05, 4.69) is 15.0 Å². The average molecular weight is 422 g/mol. The molecule has 0 radical (unpaired) electrons. The lowest BCUT2D eigenvalue weighted by Crippen LogP contribution is -2.57. The highest BCUT2D eigenvalue weighted by molar-refractivity contribution is 7.86. The molecule has 0 saturated carbocycles. The fourth-order valence-electron chi connectivity index (χ4n) is 3.82. The highest BCUT2D eigenvalue weighted by Crippen LogP contribution is 2.20. The second-order valence-corrected chi connectivity index (χ2v) is 9.56. The molecule has 2 saturated heterocycles. The third kappa shape index (κ3) is 4.67. The van der Waals surface area contributed by atoms with Crippen molar-refractivity contribution in [2.75, 3.05) is 39.3 Å². The van der Waals surface area contributed by atoms with Gasteiger partial charge in [0.1, 0.15) is 0 Å². The Bertz CT molecular complexity index is 902. The van der Waals surface area contributed by atoms with E-state index in [4.69, 9.17) is 9.26 Å². The molecule has 2 atom stereocenters. The maximum atomic E-state index is 13.0. The van der Waals surface area contributed by atoms with E-state index in [1.807, 2.05) is 44.2 Å². The van der Waals surface area contributed by atoms with E-state index in [1.165, 1.54) is 0 Å². The Hall–Kier alpha value is -1.85. The number of morpholine rings is 1. The predicted octanol–water partition coefficient (Wildman–Crippen LogP) is 1.21. The average Bonchev–Trinajstić information content (AvgIpc) is 3.17. The van der Waals surface area contributed by atoms with Crippen LogP contribution in [0.1, 0.15) is 19.7 Å². The molecule has 0 spiro atoms. The highest BCUT2D eigenvalue weighted by Gasteiger charge is 2.36. The molecule has 0 amide bonds. The molecular weight excluding hydrogens is 394 g/mol. The van der Waals surface area contributed by atoms with Crippen molar-refractivity contribution in [1.82, 2.24) is 23.7 Å². The summed E-state index contributed by atoms with van der Waals surface area (Å²) in [6.45, 7) is 7.27. The molecule has 158 valence electrons. The molecule has 1 aromatic heterocycles. The first-order valence-corrected chi connectivity index (χ1v) is 11.3. The van der Waals surface area contributed by atoms with Gasteiger partial charge in [0.05, 0.1) is 18.8 Å². The first kappa shape index (κ1) is 20.4. The van der Waals surface area contributed by atoms with Crippen LogP contribution in [0, 0.1) is 0 Å². The molecule has 2 aromatic rings. The number of hydrogen-bond donors (Lipinski definition) is 0. The van der Waals surface area contributed by atoms with Gasteiger partial charge in [0.25, 0.3) is 10.2 Å². The number of rotatable bonds is 5. The van der Waals surface area contributed by atoms with Gasteiger partial charge >= 0.3 is 0 Å². The summed E-state index contributed by atoms with van der Waals surface area (Å²) in [4.78, 5) is 6.60. The molecule has 1 aromatic carbocycles. The van der Waals surface area contributed by atoms with Crippen LogP contribution in [0.4, 0.5) is 0 Å². The summed E-state index contributed by atoms with van der Waals surface area (Å²) in [5, 5.41) is 4.04. The molecule has 4 rings (SSSR count). The minimum Gasteiger partial charge on any atom is -0.373 e. The Morgan fingerprint density at radius 1 is 1.00 bits per heavy atom. The Kier molecular flexibility index (Phi) is 5.98. The van der Waals surface area contributed by atoms with Gasteiger partial charge in [-0.15, -0.1) is 0 Å². The second kappa shape index (κ2) is 8.49. The third-order valence-corrected chi connectivity index (χ3v) is 7.20. The fraction of sp³-hybridized carbons (Fsp3) is 0.579. The lowest BCUT2D eigenvalue weighted by atomic mass is 10.2. The zero-order valence-electron chi connectivity index (χ0n) is 16.8. The van der Waals surface area contributed by atoms with Crippen LogP contribution in [-0.4, -0.2) is 83.5 Å². The van der Waals surface area contributed by atoms with Crippen LogP contribution in [0.25, 0.3) is 11.4 Å². The molecule has 29 heavy (non-hydrogen) atoms. The molecule has 10 heteroatoms. The number of ether oxygens (including phenoxy) is 1. The van der Waals surface area contributed by atoms with Crippen LogP contribution in [0.5, 0.6) is 0 Å². The summed E-state index contributed by atoms with van der Waals surface area (Å²) in [7, 11) is -3.47. The lowest BCUT2D eigenvalue weighted by Gasteiger charge is -2.40. The van der Waals surface area contributed by atoms with E-state index in [1.54, 1.807) is 8.61 Å². The minimum atomic E-state index is -3.47. The van der Waals surface area contributed by atoms with Gasteiger partial charge in [-0.2, -0.15) is 22.0 Å². The minimum absolute atomic E-state index is 0.0915. The molecule has 2 aliphatic rings. The summed E-state index contributed by atoms with van der Waals surface area (Å²) < 4.78 is 40.1. The van der Waals surface area contributed by atoms with E-state index in [-0.39, 0.29) is 12.2 Å². The van der Waals surface area contributed by atoms with Crippen molar-refractivity contribution in [3.8, 4) is 11.4 Å². The molecule has 2 unspecified atom stereocenters. The molecule has 0 aliphatic carbocycles. The van der Waals surface area contributed by atoms with Crippen molar-refractivity contribution >= 4 is 10.2 Å². The van der Waals surface area contributed by atoms with Crippen LogP contribution in [0.2, 0.25) is 0 Å². The van der Waals surface area contributed by atoms with Crippen LogP contribution >= 0.6 is 0 Å². The normalized spacial score (nSPS) is 25.3. The standard InChI is InChI=1S/C19H27N5O4S/c1-15-12-24(13-16(2)27-15)29(25,26)23-10-8-22(9-11-23)14-18-20-19(21-28-18)17-6-4-3-5-7-17/h3-7,15-16H,8-14H2,1-2H3. The smallest absolute Gasteiger partial charge is 0.282 e. The van der Waals surface area contributed by atoms with Gasteiger partial charge in [-0.25, -0.2) is 0 Å². The van der Waals surface area contributed by atoms with Crippen molar-refractivity contribution in [3.05, 3.63) is 36.2 Å². The lowest BCUT2D eigenvalue weighted by molar-refractivity contribution is -0.0458. The molecule has 2 fully saturated rings. The summed E-state index contributed by atoms with van der Waals surface area (Å²) in [5.74, 6) is 1.10. The number of nitrogens with zero attached hydrogens (tertiary/aromatic N) is 5. The van der Waals surface area contributed by atoms with Crippen molar-refractivity contribution < 1.29 is 17.7 Å². The van der Waals surface area contributed by atoms with Crippen molar-refractivity contribution in [3.63, 3.8) is 0 Å². The van der Waals surface area contributed by atoms with E-state index in [0.29, 0.717) is 57.5 Å². The SMILES string of the molecule is CC1CN(S(=O)(=O)N2CCN(Cc3nc(-c4ccccc4)no3)CC2)CC(C)O1. The highest BCUT2D eigenvalue weighted by atomic mass is 32.2. The van der Waals surface area contributed by atoms with Crippen LogP contribution in [0.15, 0.2) is 34.9 Å². The molecular formula is C19H27N5O4S. The zero-order chi connectivity index (χ0) is 20.4. The van der Waals surface area contributed by atoms with E-state index < -0.39 is 10.2 Å². The van der Waals surface area contributed by atoms with Crippen molar-refractivity contribution in [1.29, 1.82) is 0 Å². The van der Waals surface area contributed by atoms with E-state index in [9.17, 15) is 8.42 Å². The number of piperazine rings is 1. The van der Waals surface area contributed by atoms with Gasteiger partial charge in [0, 0.05) is 44.8 Å². The summed E-state index contributed by atoms with van der Waals surface area (Å²) in [6, 6.07) is 9.68. The number of aromatic nitrogens is 2. The maximum Gasteiger partial charge on any atom is 0.282 e. The van der Waals surface area contributed by atoms with Crippen molar-refractivity contribution in [2.45, 2.75) is 32.6 Å². The molecule has 0 N–H and O–H groups in total. The largest absolute Gasteiger partial charge is 0.373 e. The topological polar surface area (TPSA) is 92.0 Å². The van der Waals surface area contributed by atoms with Crippen LogP contribution in [0.3, 0.4) is 0 Å². The second-order valence-electron chi connectivity index (χ2n) is 7.64. The Morgan fingerprint density at radius 3 is 2.31 bits per heavy atom.